The lowest BCUT2D eigenvalue weighted by atomic mass is 10.2. The van der Waals surface area contributed by atoms with Gasteiger partial charge in [-0.1, -0.05) is 18.5 Å². The van der Waals surface area contributed by atoms with E-state index in [1.165, 1.54) is 6.26 Å². The molecule has 3 heteroatoms. The molecule has 0 fully saturated rings. The molecule has 0 bridgehead atoms. The van der Waals surface area contributed by atoms with E-state index in [9.17, 15) is 5.11 Å². The summed E-state index contributed by atoms with van der Waals surface area (Å²) in [7, 11) is 0. The van der Waals surface area contributed by atoms with E-state index >= 15 is 0 Å². The average molecular weight is 161 g/mol. The minimum absolute atomic E-state index is 0.462. The molecule has 0 aliphatic rings. The number of rotatable bonds is 2. The summed E-state index contributed by atoms with van der Waals surface area (Å²) in [6.45, 7) is 1.86. The summed E-state index contributed by atoms with van der Waals surface area (Å²) < 4.78 is 4.94. The van der Waals surface area contributed by atoms with Gasteiger partial charge >= 0.3 is 0 Å². The van der Waals surface area contributed by atoms with Crippen LogP contribution in [-0.2, 0) is 0 Å². The molecule has 0 spiro atoms. The first-order valence-corrected chi connectivity index (χ1v) is 3.54. The highest BCUT2D eigenvalue weighted by Gasteiger charge is 2.11. The largest absolute Gasteiger partial charge is 0.465 e. The summed E-state index contributed by atoms with van der Waals surface area (Å²) in [5, 5.41) is 9.72. The Morgan fingerprint density at radius 1 is 1.80 bits per heavy atom. The average Bonchev–Trinajstić information content (AvgIpc) is 2.34. The molecule has 10 heavy (non-hydrogen) atoms. The molecule has 0 aliphatic carbocycles. The number of hydrogen-bond acceptors (Lipinski definition) is 2. The lowest BCUT2D eigenvalue weighted by Crippen LogP contribution is -1.92. The molecule has 0 aliphatic heterocycles. The second kappa shape index (κ2) is 3.08. The van der Waals surface area contributed by atoms with Crippen molar-refractivity contribution in [3.8, 4) is 0 Å². The van der Waals surface area contributed by atoms with Gasteiger partial charge in [-0.05, 0) is 12.5 Å². The minimum atomic E-state index is -0.567. The van der Waals surface area contributed by atoms with Crippen molar-refractivity contribution in [2.75, 3.05) is 0 Å². The van der Waals surface area contributed by atoms with Gasteiger partial charge in [-0.2, -0.15) is 0 Å². The van der Waals surface area contributed by atoms with Crippen LogP contribution >= 0.6 is 11.6 Å². The van der Waals surface area contributed by atoms with Crippen molar-refractivity contribution in [3.63, 3.8) is 0 Å². The van der Waals surface area contributed by atoms with Crippen LogP contribution in [0, 0.1) is 0 Å². The Labute approximate surface area is 64.4 Å². The van der Waals surface area contributed by atoms with E-state index in [2.05, 4.69) is 0 Å². The number of halogens is 1. The summed E-state index contributed by atoms with van der Waals surface area (Å²) in [6, 6.07) is 1.62. The highest BCUT2D eigenvalue weighted by Crippen LogP contribution is 2.25. The molecule has 1 atom stereocenters. The Kier molecular flexibility index (Phi) is 2.35. The molecule has 1 rings (SSSR count). The lowest BCUT2D eigenvalue weighted by molar-refractivity contribution is 0.146. The predicted octanol–water partition coefficient (Wildman–Crippen LogP) is 2.38. The molecule has 1 heterocycles. The van der Waals surface area contributed by atoms with E-state index in [1.54, 1.807) is 6.07 Å². The molecule has 0 saturated heterocycles. The Morgan fingerprint density at radius 2 is 2.50 bits per heavy atom. The van der Waals surface area contributed by atoms with Crippen LogP contribution in [0.1, 0.15) is 25.2 Å². The third kappa shape index (κ3) is 1.33. The molecule has 2 nitrogen and oxygen atoms in total. The van der Waals surface area contributed by atoms with Gasteiger partial charge < -0.3 is 9.52 Å². The molecule has 0 saturated carbocycles. The maximum absolute atomic E-state index is 9.22. The molecular formula is C7H9ClO2. The third-order valence-electron chi connectivity index (χ3n) is 1.33. The minimum Gasteiger partial charge on any atom is -0.465 e. The maximum atomic E-state index is 9.22. The van der Waals surface area contributed by atoms with Crippen molar-refractivity contribution in [2.45, 2.75) is 19.4 Å². The van der Waals surface area contributed by atoms with Gasteiger partial charge in [0.05, 0.1) is 11.3 Å². The lowest BCUT2D eigenvalue weighted by Gasteiger charge is -2.02. The smallest absolute Gasteiger partial charge is 0.150 e. The van der Waals surface area contributed by atoms with Crippen LogP contribution in [0.4, 0.5) is 0 Å². The number of aliphatic hydroxyl groups excluding tert-OH is 1. The topological polar surface area (TPSA) is 33.4 Å². The van der Waals surface area contributed by atoms with Crippen molar-refractivity contribution in [1.29, 1.82) is 0 Å². The Bertz CT molecular complexity index is 207. The van der Waals surface area contributed by atoms with E-state index in [0.717, 1.165) is 0 Å². The summed E-state index contributed by atoms with van der Waals surface area (Å²) in [6.07, 6.45) is 1.52. The number of hydrogen-bond donors (Lipinski definition) is 1. The van der Waals surface area contributed by atoms with Gasteiger partial charge in [-0.3, -0.25) is 0 Å². The monoisotopic (exact) mass is 160 g/mol. The zero-order valence-electron chi connectivity index (χ0n) is 5.67. The maximum Gasteiger partial charge on any atom is 0.150 e. The van der Waals surface area contributed by atoms with Crippen LogP contribution in [0.2, 0.25) is 5.02 Å². The SMILES string of the molecule is CC[C@@H](O)c1occc1Cl. The van der Waals surface area contributed by atoms with Crippen molar-refractivity contribution in [3.05, 3.63) is 23.1 Å². The standard InChI is InChI=1S/C7H9ClO2/c1-2-6(9)7-5(8)3-4-10-7/h3-4,6,9H,2H2,1H3/t6-/m1/s1. The van der Waals surface area contributed by atoms with Gasteiger partial charge in [0.2, 0.25) is 0 Å². The summed E-state index contributed by atoms with van der Waals surface area (Å²) in [4.78, 5) is 0. The fourth-order valence-electron chi connectivity index (χ4n) is 0.729. The zero-order valence-corrected chi connectivity index (χ0v) is 6.43. The second-order valence-electron chi connectivity index (χ2n) is 2.06. The molecule has 0 aromatic carbocycles. The van der Waals surface area contributed by atoms with Crippen LogP contribution in [0.15, 0.2) is 16.7 Å². The van der Waals surface area contributed by atoms with Crippen LogP contribution in [0.5, 0.6) is 0 Å². The fourth-order valence-corrected chi connectivity index (χ4v) is 0.951. The van der Waals surface area contributed by atoms with Crippen molar-refractivity contribution < 1.29 is 9.52 Å². The predicted molar refractivity (Wildman–Crippen MR) is 39.0 cm³/mol. The first-order valence-electron chi connectivity index (χ1n) is 3.16. The molecular weight excluding hydrogens is 152 g/mol. The molecule has 1 N–H and O–H groups in total. The van der Waals surface area contributed by atoms with E-state index in [4.69, 9.17) is 16.0 Å². The number of furan rings is 1. The number of aliphatic hydroxyl groups is 1. The Morgan fingerprint density at radius 3 is 2.90 bits per heavy atom. The molecule has 0 amide bonds. The van der Waals surface area contributed by atoms with E-state index in [1.807, 2.05) is 6.92 Å². The highest BCUT2D eigenvalue weighted by atomic mass is 35.5. The zero-order chi connectivity index (χ0) is 7.56. The first-order chi connectivity index (χ1) is 4.75. The Hall–Kier alpha value is -0.470. The van der Waals surface area contributed by atoms with Gasteiger partial charge in [-0.25, -0.2) is 0 Å². The quantitative estimate of drug-likeness (QED) is 0.721. The third-order valence-corrected chi connectivity index (χ3v) is 1.65. The second-order valence-corrected chi connectivity index (χ2v) is 2.46. The van der Waals surface area contributed by atoms with Crippen LogP contribution in [0.25, 0.3) is 0 Å². The van der Waals surface area contributed by atoms with Crippen LogP contribution < -0.4 is 0 Å². The van der Waals surface area contributed by atoms with Gasteiger partial charge in [0.25, 0.3) is 0 Å². The summed E-state index contributed by atoms with van der Waals surface area (Å²) in [5.74, 6) is 0.462. The molecule has 0 unspecified atom stereocenters. The van der Waals surface area contributed by atoms with Crippen molar-refractivity contribution in [2.24, 2.45) is 0 Å². The normalized spacial score (nSPS) is 13.5. The van der Waals surface area contributed by atoms with Gasteiger partial charge in [-0.15, -0.1) is 0 Å². The molecule has 1 aromatic heterocycles. The van der Waals surface area contributed by atoms with E-state index < -0.39 is 6.10 Å². The Balaban J connectivity index is 2.82. The van der Waals surface area contributed by atoms with E-state index in [0.29, 0.717) is 17.2 Å². The summed E-state index contributed by atoms with van der Waals surface area (Å²) in [5.41, 5.74) is 0. The van der Waals surface area contributed by atoms with Gasteiger partial charge in [0, 0.05) is 0 Å². The van der Waals surface area contributed by atoms with Gasteiger partial charge in [0.1, 0.15) is 6.10 Å². The molecule has 0 radical (unpaired) electrons. The summed E-state index contributed by atoms with van der Waals surface area (Å²) >= 11 is 5.66. The fraction of sp³-hybridized carbons (Fsp3) is 0.429. The van der Waals surface area contributed by atoms with Crippen molar-refractivity contribution >= 4 is 11.6 Å². The first kappa shape index (κ1) is 7.63. The highest BCUT2D eigenvalue weighted by molar-refractivity contribution is 6.31. The van der Waals surface area contributed by atoms with E-state index in [-0.39, 0.29) is 0 Å². The van der Waals surface area contributed by atoms with Crippen LogP contribution in [-0.4, -0.2) is 5.11 Å². The van der Waals surface area contributed by atoms with Crippen molar-refractivity contribution in [1.82, 2.24) is 0 Å². The molecule has 1 aromatic rings. The molecule has 56 valence electrons. The van der Waals surface area contributed by atoms with Gasteiger partial charge in [0.15, 0.2) is 5.76 Å². The van der Waals surface area contributed by atoms with Crippen LogP contribution in [0.3, 0.4) is 0 Å².